The van der Waals surface area contributed by atoms with Crippen molar-refractivity contribution in [1.82, 2.24) is 9.78 Å². The summed E-state index contributed by atoms with van der Waals surface area (Å²) < 4.78 is 7.06. The Kier molecular flexibility index (Phi) is 3.50. The van der Waals surface area contributed by atoms with Crippen LogP contribution >= 0.6 is 0 Å². The van der Waals surface area contributed by atoms with Crippen molar-refractivity contribution in [3.05, 3.63) is 45.8 Å². The summed E-state index contributed by atoms with van der Waals surface area (Å²) in [5.74, 6) is 0.262. The third-order valence-corrected chi connectivity index (χ3v) is 2.69. The van der Waals surface area contributed by atoms with Crippen molar-refractivity contribution < 1.29 is 9.66 Å². The highest BCUT2D eigenvalue weighted by molar-refractivity contribution is 5.53. The molecule has 1 heterocycles. The Hall–Kier alpha value is -2.37. The first kappa shape index (κ1) is 13.1. The van der Waals surface area contributed by atoms with Crippen LogP contribution in [0.15, 0.2) is 24.3 Å². The van der Waals surface area contributed by atoms with Crippen LogP contribution in [0.4, 0.5) is 5.69 Å². The van der Waals surface area contributed by atoms with E-state index in [9.17, 15) is 10.1 Å². The molecule has 2 aromatic rings. The highest BCUT2D eigenvalue weighted by atomic mass is 16.6. The van der Waals surface area contributed by atoms with Crippen LogP contribution in [0.5, 0.6) is 5.75 Å². The third-order valence-electron chi connectivity index (χ3n) is 2.69. The number of aryl methyl sites for hydroxylation is 2. The predicted molar refractivity (Wildman–Crippen MR) is 70.9 cm³/mol. The van der Waals surface area contributed by atoms with Gasteiger partial charge in [-0.1, -0.05) is 0 Å². The molecule has 2 rings (SSSR count). The van der Waals surface area contributed by atoms with Crippen molar-refractivity contribution >= 4 is 5.69 Å². The normalized spacial score (nSPS) is 10.5. The number of nitro benzene ring substituents is 1. The van der Waals surface area contributed by atoms with Crippen LogP contribution < -0.4 is 4.74 Å². The summed E-state index contributed by atoms with van der Waals surface area (Å²) in [5, 5.41) is 15.3. The first-order chi connectivity index (χ1) is 9.02. The van der Waals surface area contributed by atoms with Gasteiger partial charge in [0, 0.05) is 17.8 Å². The summed E-state index contributed by atoms with van der Waals surface area (Å²) >= 11 is 0. The molecule has 0 amide bonds. The van der Waals surface area contributed by atoms with E-state index in [1.165, 1.54) is 6.07 Å². The molecule has 0 radical (unpaired) electrons. The summed E-state index contributed by atoms with van der Waals surface area (Å²) in [6, 6.07) is 6.69. The summed E-state index contributed by atoms with van der Waals surface area (Å²) in [6.07, 6.45) is 0. The Morgan fingerprint density at radius 1 is 1.37 bits per heavy atom. The van der Waals surface area contributed by atoms with Gasteiger partial charge in [0.15, 0.2) is 5.75 Å². The van der Waals surface area contributed by atoms with Gasteiger partial charge >= 0.3 is 5.69 Å². The predicted octanol–water partition coefficient (Wildman–Crippen LogP) is 2.80. The van der Waals surface area contributed by atoms with Gasteiger partial charge in [-0.05, 0) is 32.9 Å². The molecule has 0 aliphatic carbocycles. The number of nitro groups is 1. The molecular weight excluding hydrogens is 246 g/mol. The summed E-state index contributed by atoms with van der Waals surface area (Å²) in [5.41, 5.74) is 2.58. The van der Waals surface area contributed by atoms with Crippen molar-refractivity contribution in [1.29, 1.82) is 0 Å². The molecule has 0 aliphatic heterocycles. The Balaban J connectivity index is 2.51. The maximum absolute atomic E-state index is 10.9. The van der Waals surface area contributed by atoms with Crippen molar-refractivity contribution in [2.45, 2.75) is 20.8 Å². The van der Waals surface area contributed by atoms with Crippen molar-refractivity contribution in [3.8, 4) is 11.4 Å². The Morgan fingerprint density at radius 2 is 2.11 bits per heavy atom. The first-order valence-corrected chi connectivity index (χ1v) is 5.97. The molecule has 0 saturated heterocycles. The van der Waals surface area contributed by atoms with Crippen molar-refractivity contribution in [2.75, 3.05) is 6.61 Å². The summed E-state index contributed by atoms with van der Waals surface area (Å²) in [4.78, 5) is 10.5. The van der Waals surface area contributed by atoms with Gasteiger partial charge in [-0.2, -0.15) is 5.10 Å². The fraction of sp³-hybridized carbons (Fsp3) is 0.308. The molecule has 6 nitrogen and oxygen atoms in total. The van der Waals surface area contributed by atoms with Crippen LogP contribution in [0.2, 0.25) is 0 Å². The van der Waals surface area contributed by atoms with Crippen LogP contribution in [0.3, 0.4) is 0 Å². The Bertz CT molecular complexity index is 620. The van der Waals surface area contributed by atoms with E-state index in [0.29, 0.717) is 6.61 Å². The number of ether oxygens (including phenoxy) is 1. The zero-order chi connectivity index (χ0) is 14.0. The van der Waals surface area contributed by atoms with Crippen molar-refractivity contribution in [3.63, 3.8) is 0 Å². The van der Waals surface area contributed by atoms with Gasteiger partial charge in [0.25, 0.3) is 0 Å². The molecule has 0 bridgehead atoms. The van der Waals surface area contributed by atoms with Gasteiger partial charge in [0.05, 0.1) is 22.9 Å². The number of hydrogen-bond donors (Lipinski definition) is 0. The Morgan fingerprint density at radius 3 is 2.63 bits per heavy atom. The SMILES string of the molecule is CCOc1cc(-n2nc(C)cc2C)ccc1[N+](=O)[O-]. The van der Waals surface area contributed by atoms with Gasteiger partial charge in [-0.25, -0.2) is 4.68 Å². The number of aromatic nitrogens is 2. The molecule has 0 saturated carbocycles. The van der Waals surface area contributed by atoms with Crippen LogP contribution in [-0.2, 0) is 0 Å². The van der Waals surface area contributed by atoms with Gasteiger partial charge in [0.2, 0.25) is 0 Å². The van der Waals surface area contributed by atoms with Crippen LogP contribution in [0.1, 0.15) is 18.3 Å². The second-order valence-electron chi connectivity index (χ2n) is 4.18. The smallest absolute Gasteiger partial charge is 0.311 e. The average Bonchev–Trinajstić information content (AvgIpc) is 2.68. The fourth-order valence-electron chi connectivity index (χ4n) is 1.95. The average molecular weight is 261 g/mol. The first-order valence-electron chi connectivity index (χ1n) is 5.97. The van der Waals surface area contributed by atoms with E-state index in [-0.39, 0.29) is 11.4 Å². The molecule has 0 spiro atoms. The van der Waals surface area contributed by atoms with Crippen LogP contribution in [0, 0.1) is 24.0 Å². The maximum atomic E-state index is 10.9. The third kappa shape index (κ3) is 2.57. The van der Waals surface area contributed by atoms with E-state index in [1.807, 2.05) is 19.9 Å². The van der Waals surface area contributed by atoms with E-state index in [4.69, 9.17) is 4.74 Å². The minimum absolute atomic E-state index is 0.0351. The molecule has 0 unspecified atom stereocenters. The largest absolute Gasteiger partial charge is 0.487 e. The molecule has 0 fully saturated rings. The molecule has 6 heteroatoms. The maximum Gasteiger partial charge on any atom is 0.311 e. The molecule has 0 N–H and O–H groups in total. The van der Waals surface area contributed by atoms with E-state index in [1.54, 1.807) is 23.7 Å². The van der Waals surface area contributed by atoms with Crippen LogP contribution in [0.25, 0.3) is 5.69 Å². The molecule has 1 aromatic heterocycles. The summed E-state index contributed by atoms with van der Waals surface area (Å²) in [6.45, 7) is 6.00. The standard InChI is InChI=1S/C13H15N3O3/c1-4-19-13-8-11(5-6-12(13)16(17)18)15-10(3)7-9(2)14-15/h5-8H,4H2,1-3H3. The zero-order valence-electron chi connectivity index (χ0n) is 11.1. The van der Waals surface area contributed by atoms with E-state index in [2.05, 4.69) is 5.10 Å². The number of hydrogen-bond acceptors (Lipinski definition) is 4. The minimum Gasteiger partial charge on any atom is -0.487 e. The molecular formula is C13H15N3O3. The molecule has 1 aromatic carbocycles. The lowest BCUT2D eigenvalue weighted by Gasteiger charge is -2.08. The number of rotatable bonds is 4. The quantitative estimate of drug-likeness (QED) is 0.626. The number of benzene rings is 1. The monoisotopic (exact) mass is 261 g/mol. The zero-order valence-corrected chi connectivity index (χ0v) is 11.1. The highest BCUT2D eigenvalue weighted by Crippen LogP contribution is 2.29. The second-order valence-corrected chi connectivity index (χ2v) is 4.18. The molecule has 0 atom stereocenters. The fourth-order valence-corrected chi connectivity index (χ4v) is 1.95. The van der Waals surface area contributed by atoms with Gasteiger partial charge in [0.1, 0.15) is 0 Å². The van der Waals surface area contributed by atoms with E-state index < -0.39 is 4.92 Å². The van der Waals surface area contributed by atoms with Crippen LogP contribution in [-0.4, -0.2) is 21.3 Å². The Labute approximate surface area is 110 Å². The summed E-state index contributed by atoms with van der Waals surface area (Å²) in [7, 11) is 0. The van der Waals surface area contributed by atoms with Crippen molar-refractivity contribution in [2.24, 2.45) is 0 Å². The molecule has 19 heavy (non-hydrogen) atoms. The lowest BCUT2D eigenvalue weighted by atomic mass is 10.2. The highest BCUT2D eigenvalue weighted by Gasteiger charge is 2.16. The second kappa shape index (κ2) is 5.09. The van der Waals surface area contributed by atoms with E-state index >= 15 is 0 Å². The molecule has 0 aliphatic rings. The topological polar surface area (TPSA) is 70.2 Å². The van der Waals surface area contributed by atoms with E-state index in [0.717, 1.165) is 17.1 Å². The number of nitrogens with zero attached hydrogens (tertiary/aromatic N) is 3. The van der Waals surface area contributed by atoms with Gasteiger partial charge in [-0.3, -0.25) is 10.1 Å². The molecule has 100 valence electrons. The van der Waals surface area contributed by atoms with Gasteiger partial charge < -0.3 is 4.74 Å². The van der Waals surface area contributed by atoms with Gasteiger partial charge in [-0.15, -0.1) is 0 Å². The lowest BCUT2D eigenvalue weighted by molar-refractivity contribution is -0.385. The lowest BCUT2D eigenvalue weighted by Crippen LogP contribution is -2.02. The minimum atomic E-state index is -0.448.